The maximum absolute atomic E-state index is 13.2. The van der Waals surface area contributed by atoms with E-state index in [1.807, 2.05) is 0 Å². The predicted molar refractivity (Wildman–Crippen MR) is 178 cm³/mol. The van der Waals surface area contributed by atoms with Crippen LogP contribution in [0.25, 0.3) is 0 Å². The summed E-state index contributed by atoms with van der Waals surface area (Å²) >= 11 is 0. The van der Waals surface area contributed by atoms with E-state index in [1.54, 1.807) is 58.9 Å². The monoisotopic (exact) mass is 682 g/mol. The van der Waals surface area contributed by atoms with Crippen molar-refractivity contribution in [1.29, 1.82) is 0 Å². The Morgan fingerprint density at radius 2 is 1.42 bits per heavy atom. The van der Waals surface area contributed by atoms with Crippen molar-refractivity contribution in [3.63, 3.8) is 0 Å². The van der Waals surface area contributed by atoms with Gasteiger partial charge in [-0.2, -0.15) is 0 Å². The van der Waals surface area contributed by atoms with E-state index in [1.165, 1.54) is 0 Å². The first-order valence-electron chi connectivity index (χ1n) is 16.1. The molecule has 0 saturated carbocycles. The number of urea groups is 1. The third-order valence-electron chi connectivity index (χ3n) is 6.40. The van der Waals surface area contributed by atoms with Crippen LogP contribution in [0.5, 0.6) is 0 Å². The largest absolute Gasteiger partial charge is 0.444 e. The first-order valence-corrected chi connectivity index (χ1v) is 16.1. The fourth-order valence-corrected chi connectivity index (χ4v) is 4.00. The lowest BCUT2D eigenvalue weighted by molar-refractivity contribution is -0.132. The number of carbonyl (C=O) groups is 5. The van der Waals surface area contributed by atoms with Crippen molar-refractivity contribution in [1.82, 2.24) is 21.3 Å². The molecule has 272 valence electrons. The molecule has 16 heteroatoms. The second-order valence-corrected chi connectivity index (χ2v) is 12.1. The molecule has 0 aliphatic rings. The lowest BCUT2D eigenvalue weighted by Gasteiger charge is -2.25. The van der Waals surface area contributed by atoms with Gasteiger partial charge < -0.3 is 56.4 Å². The van der Waals surface area contributed by atoms with Crippen molar-refractivity contribution in [2.45, 2.75) is 78.2 Å². The van der Waals surface area contributed by atoms with E-state index in [0.717, 1.165) is 0 Å². The molecule has 0 aliphatic heterocycles. The molecule has 0 fully saturated rings. The van der Waals surface area contributed by atoms with Gasteiger partial charge in [0, 0.05) is 25.2 Å². The van der Waals surface area contributed by atoms with Crippen LogP contribution in [-0.2, 0) is 39.9 Å². The number of carbonyl (C=O) groups excluding carboxylic acids is 5. The Kier molecular flexibility index (Phi) is 20.5. The van der Waals surface area contributed by atoms with Crippen molar-refractivity contribution in [3.8, 4) is 0 Å². The fraction of sp³-hybridized carbons (Fsp3) is 0.656. The summed E-state index contributed by atoms with van der Waals surface area (Å²) in [4.78, 5) is 61.6. The Labute approximate surface area is 282 Å². The van der Waals surface area contributed by atoms with E-state index >= 15 is 0 Å². The molecule has 48 heavy (non-hydrogen) atoms. The van der Waals surface area contributed by atoms with E-state index in [-0.39, 0.29) is 45.1 Å². The average molecular weight is 683 g/mol. The van der Waals surface area contributed by atoms with Crippen LogP contribution in [0.4, 0.5) is 15.3 Å². The summed E-state index contributed by atoms with van der Waals surface area (Å²) in [6, 6.07) is 4.01. The summed E-state index contributed by atoms with van der Waals surface area (Å²) in [6.07, 6.45) is 0.0521. The van der Waals surface area contributed by atoms with Gasteiger partial charge in [-0.15, -0.1) is 0 Å². The Hall–Kier alpha value is -3.99. The number of nitrogens with two attached hydrogens (primary N) is 1. The van der Waals surface area contributed by atoms with Crippen molar-refractivity contribution < 1.29 is 48.0 Å². The van der Waals surface area contributed by atoms with E-state index in [4.69, 9.17) is 24.7 Å². The van der Waals surface area contributed by atoms with Crippen LogP contribution >= 0.6 is 0 Å². The maximum Gasteiger partial charge on any atom is 0.407 e. The molecule has 0 aromatic heterocycles. The highest BCUT2D eigenvalue weighted by Gasteiger charge is 2.28. The van der Waals surface area contributed by atoms with Crippen molar-refractivity contribution in [2.24, 2.45) is 11.7 Å². The highest BCUT2D eigenvalue weighted by molar-refractivity contribution is 5.98. The van der Waals surface area contributed by atoms with Gasteiger partial charge in [-0.05, 0) is 57.2 Å². The van der Waals surface area contributed by atoms with Gasteiger partial charge in [0.2, 0.25) is 17.7 Å². The van der Waals surface area contributed by atoms with E-state index in [9.17, 15) is 29.1 Å². The molecular formula is C32H54N6O10. The summed E-state index contributed by atoms with van der Waals surface area (Å²) in [7, 11) is 0. The summed E-state index contributed by atoms with van der Waals surface area (Å²) in [5.41, 5.74) is 5.70. The van der Waals surface area contributed by atoms with Crippen molar-refractivity contribution in [2.75, 3.05) is 58.0 Å². The molecule has 2 atom stereocenters. The van der Waals surface area contributed by atoms with Crippen LogP contribution < -0.4 is 32.3 Å². The third kappa shape index (κ3) is 20.3. The number of aliphatic hydroxyl groups excluding tert-OH is 1. The van der Waals surface area contributed by atoms with Gasteiger partial charge in [0.1, 0.15) is 17.7 Å². The predicted octanol–water partition coefficient (Wildman–Crippen LogP) is 1.16. The number of benzene rings is 1. The Morgan fingerprint density at radius 3 is 1.98 bits per heavy atom. The van der Waals surface area contributed by atoms with E-state index < -0.39 is 47.5 Å². The first kappa shape index (κ1) is 42.0. The smallest absolute Gasteiger partial charge is 0.407 e. The minimum Gasteiger partial charge on any atom is -0.444 e. The maximum atomic E-state index is 13.2. The molecular weight excluding hydrogens is 628 g/mol. The van der Waals surface area contributed by atoms with Gasteiger partial charge in [-0.1, -0.05) is 26.0 Å². The molecule has 1 aromatic carbocycles. The number of primary amides is 1. The number of alkyl carbamates (subject to hydrolysis) is 1. The molecule has 0 saturated heterocycles. The molecule has 1 rings (SSSR count). The Balaban J connectivity index is 2.43. The third-order valence-corrected chi connectivity index (χ3v) is 6.40. The molecule has 0 radical (unpaired) electrons. The highest BCUT2D eigenvalue weighted by Crippen LogP contribution is 2.12. The SMILES string of the molecule is CC(C)[C@H](NC(=O)CCOCCOCCOCCNC(=O)OC(C)(C)C)C(=O)N[C@@H](CCCNC(N)=O)C(=O)Nc1ccc(CO)cc1. The summed E-state index contributed by atoms with van der Waals surface area (Å²) in [5, 5.41) is 22.5. The number of hydrogen-bond donors (Lipinski definition) is 7. The molecule has 0 bridgehead atoms. The standard InChI is InChI=1S/C32H54N6O10/c1-22(2)27(38-26(40)12-15-45-17-19-47-20-18-46-16-14-35-31(44)48-32(3,4)5)29(42)37-25(7-6-13-34-30(33)43)28(41)36-24-10-8-23(21-39)9-11-24/h8-11,22,25,27,39H,6-7,12-21H2,1-5H3,(H,35,44)(H,36,41)(H,37,42)(H,38,40)(H3,33,34,43)/t25-,27-/m0/s1. The lowest BCUT2D eigenvalue weighted by atomic mass is 10.0. The van der Waals surface area contributed by atoms with Crippen LogP contribution in [0, 0.1) is 5.92 Å². The van der Waals surface area contributed by atoms with Crippen LogP contribution in [0.15, 0.2) is 24.3 Å². The number of hydrogen-bond acceptors (Lipinski definition) is 10. The fourth-order valence-electron chi connectivity index (χ4n) is 4.00. The van der Waals surface area contributed by atoms with E-state index in [2.05, 4.69) is 26.6 Å². The van der Waals surface area contributed by atoms with Gasteiger partial charge >= 0.3 is 12.1 Å². The summed E-state index contributed by atoms with van der Waals surface area (Å²) in [5.74, 6) is -1.70. The Bertz CT molecular complexity index is 1130. The van der Waals surface area contributed by atoms with Gasteiger partial charge in [-0.25, -0.2) is 9.59 Å². The molecule has 0 unspecified atom stereocenters. The topological polar surface area (TPSA) is 229 Å². The average Bonchev–Trinajstić information content (AvgIpc) is 3.00. The minimum atomic E-state index is -0.967. The molecule has 16 nitrogen and oxygen atoms in total. The first-order chi connectivity index (χ1) is 22.7. The highest BCUT2D eigenvalue weighted by atomic mass is 16.6. The zero-order chi connectivity index (χ0) is 36.0. The number of nitrogens with one attached hydrogen (secondary N) is 5. The van der Waals surface area contributed by atoms with Gasteiger partial charge in [-0.3, -0.25) is 14.4 Å². The number of anilines is 1. The van der Waals surface area contributed by atoms with E-state index in [0.29, 0.717) is 50.6 Å². The second-order valence-electron chi connectivity index (χ2n) is 12.1. The van der Waals surface area contributed by atoms with Crippen LogP contribution in [0.1, 0.15) is 59.4 Å². The van der Waals surface area contributed by atoms with Gasteiger partial charge in [0.25, 0.3) is 0 Å². The number of rotatable bonds is 23. The molecule has 6 amide bonds. The molecule has 0 spiro atoms. The number of ether oxygens (including phenoxy) is 4. The quantitative estimate of drug-likeness (QED) is 0.0815. The van der Waals surface area contributed by atoms with Crippen molar-refractivity contribution >= 4 is 35.5 Å². The Morgan fingerprint density at radius 1 is 0.812 bits per heavy atom. The van der Waals surface area contributed by atoms with Crippen LogP contribution in [0.2, 0.25) is 0 Å². The van der Waals surface area contributed by atoms with Gasteiger partial charge in [0.15, 0.2) is 0 Å². The minimum absolute atomic E-state index is 0.0107. The normalized spacial score (nSPS) is 12.5. The lowest BCUT2D eigenvalue weighted by Crippen LogP contribution is -2.54. The molecule has 8 N–H and O–H groups in total. The molecule has 0 aliphatic carbocycles. The second kappa shape index (κ2) is 23.4. The van der Waals surface area contributed by atoms with Crippen molar-refractivity contribution in [3.05, 3.63) is 29.8 Å². The van der Waals surface area contributed by atoms with Gasteiger partial charge in [0.05, 0.1) is 46.2 Å². The van der Waals surface area contributed by atoms with Crippen LogP contribution in [-0.4, -0.2) is 105 Å². The molecule has 0 heterocycles. The van der Waals surface area contributed by atoms with Crippen LogP contribution in [0.3, 0.4) is 0 Å². The summed E-state index contributed by atoms with van der Waals surface area (Å²) in [6.45, 7) is 10.9. The number of aliphatic hydroxyl groups is 1. The number of amides is 6. The summed E-state index contributed by atoms with van der Waals surface area (Å²) < 4.78 is 21.4. The zero-order valence-corrected chi connectivity index (χ0v) is 28.7. The zero-order valence-electron chi connectivity index (χ0n) is 28.7. The molecule has 1 aromatic rings.